The molecule has 4 aromatic rings. The number of H-pyrrole nitrogens is 1. The summed E-state index contributed by atoms with van der Waals surface area (Å²) < 4.78 is 74.1. The van der Waals surface area contributed by atoms with Gasteiger partial charge in [-0.1, -0.05) is 12.2 Å². The monoisotopic (exact) mass is 686 g/mol. The third kappa shape index (κ3) is 5.52. The molecule has 10 atom stereocenters. The van der Waals surface area contributed by atoms with Crippen molar-refractivity contribution < 1.29 is 41.3 Å². The van der Waals surface area contributed by atoms with Crippen molar-refractivity contribution in [3.05, 3.63) is 29.3 Å². The van der Waals surface area contributed by atoms with E-state index >= 15 is 4.39 Å². The maximum absolute atomic E-state index is 16.1. The van der Waals surface area contributed by atoms with Crippen molar-refractivity contribution in [2.45, 2.75) is 49.1 Å². The van der Waals surface area contributed by atoms with Crippen molar-refractivity contribution in [3.63, 3.8) is 0 Å². The van der Waals surface area contributed by atoms with Gasteiger partial charge in [-0.15, -0.1) is 0 Å². The molecule has 19 nitrogen and oxygen atoms in total. The molecule has 0 spiro atoms. The number of methoxy groups -OCH3 is 1. The number of alkyl halides is 1. The van der Waals surface area contributed by atoms with E-state index in [0.717, 1.165) is 0 Å². The summed E-state index contributed by atoms with van der Waals surface area (Å²) in [5.74, 6) is -0.0213. The lowest BCUT2D eigenvalue weighted by atomic mass is 10.1. The van der Waals surface area contributed by atoms with E-state index in [0.29, 0.717) is 0 Å². The van der Waals surface area contributed by atoms with E-state index in [4.69, 9.17) is 43.8 Å². The molecule has 3 aliphatic heterocycles. The summed E-state index contributed by atoms with van der Waals surface area (Å²) in [6.45, 7) is -0.584. The molecule has 3 fully saturated rings. The molecule has 0 amide bonds. The number of rotatable bonds is 3. The summed E-state index contributed by atoms with van der Waals surface area (Å²) in [5.41, 5.74) is 11.8. The van der Waals surface area contributed by atoms with Gasteiger partial charge in [-0.2, -0.15) is 4.98 Å². The zero-order chi connectivity index (χ0) is 31.6. The highest BCUT2D eigenvalue weighted by molar-refractivity contribution is 8.41. The van der Waals surface area contributed by atoms with Crippen molar-refractivity contribution in [1.82, 2.24) is 39.0 Å². The first-order chi connectivity index (χ1) is 21.5. The van der Waals surface area contributed by atoms with Gasteiger partial charge in [0.05, 0.1) is 25.9 Å². The number of anilines is 2. The van der Waals surface area contributed by atoms with E-state index in [1.54, 1.807) is 0 Å². The molecule has 8 unspecified atom stereocenters. The molecule has 0 radical (unpaired) electrons. The first kappa shape index (κ1) is 30.9. The molecule has 3 saturated heterocycles. The number of hydrogen-bond acceptors (Lipinski definition) is 17. The molecule has 0 saturated carbocycles. The average molecular weight is 686 g/mol. The van der Waals surface area contributed by atoms with Gasteiger partial charge >= 0.3 is 0 Å². The molecule has 3 aliphatic rings. The molecular weight excluding hydrogens is 660 g/mol. The Morgan fingerprint density at radius 1 is 1.09 bits per heavy atom. The Kier molecular flexibility index (Phi) is 8.08. The second kappa shape index (κ2) is 11.8. The SMILES string of the molecule is B[P@]1(=O)OCC2OC(n3cnc4c(=O)[nH]c(N)nc43)C(O[P@](S)OCC3OC(n4cnc5c(N)ncnc54)C(F)C3O1)C2OC. The van der Waals surface area contributed by atoms with Gasteiger partial charge in [0.2, 0.25) is 13.5 Å². The van der Waals surface area contributed by atoms with Crippen molar-refractivity contribution in [3.8, 4) is 0 Å². The van der Waals surface area contributed by atoms with Crippen molar-refractivity contribution >= 4 is 69.0 Å². The zero-order valence-corrected chi connectivity index (χ0v) is 26.1. The van der Waals surface area contributed by atoms with Gasteiger partial charge in [-0.05, 0) is 0 Å². The fraction of sp³-hybridized carbons (Fsp3) is 0.524. The number of imidazole rings is 2. The second-order valence-corrected chi connectivity index (χ2v) is 14.3. The summed E-state index contributed by atoms with van der Waals surface area (Å²) >= 11 is 4.50. The van der Waals surface area contributed by atoms with Crippen LogP contribution in [0.25, 0.3) is 22.3 Å². The number of thiol groups is 1. The molecule has 4 aromatic heterocycles. The Morgan fingerprint density at radius 2 is 1.82 bits per heavy atom. The summed E-state index contributed by atoms with van der Waals surface area (Å²) in [7, 11) is -3.32. The van der Waals surface area contributed by atoms with Crippen molar-refractivity contribution in [2.75, 3.05) is 31.8 Å². The van der Waals surface area contributed by atoms with E-state index in [9.17, 15) is 9.36 Å². The number of ether oxygens (including phenoxy) is 3. The number of nitrogens with one attached hydrogen (secondary N) is 1. The molecular formula is C21H26BFN10O9P2S. The van der Waals surface area contributed by atoms with E-state index in [1.165, 1.54) is 42.8 Å². The summed E-state index contributed by atoms with van der Waals surface area (Å²) in [4.78, 5) is 35.4. The number of nitrogens with zero attached hydrogens (tertiary/aromatic N) is 7. The largest absolute Gasteiger partial charge is 0.382 e. The normalized spacial score (nSPS) is 36.0. The highest BCUT2D eigenvalue weighted by Crippen LogP contribution is 2.54. The quantitative estimate of drug-likeness (QED) is 0.126. The molecule has 0 aliphatic carbocycles. The molecule has 7 heterocycles. The number of fused-ring (bicyclic) bond motifs is 5. The molecule has 240 valence electrons. The number of nitrogen functional groups attached to an aromatic ring is 2. The van der Waals surface area contributed by atoms with Crippen LogP contribution >= 0.6 is 27.3 Å². The minimum absolute atomic E-state index is 0.0186. The lowest BCUT2D eigenvalue weighted by Gasteiger charge is -2.26. The number of halogens is 1. The van der Waals surface area contributed by atoms with Gasteiger partial charge in [0.25, 0.3) is 20.6 Å². The van der Waals surface area contributed by atoms with Gasteiger partial charge in [-0.3, -0.25) is 23.5 Å². The highest BCUT2D eigenvalue weighted by Gasteiger charge is 2.53. The number of aromatic amines is 1. The Balaban J connectivity index is 1.19. The zero-order valence-electron chi connectivity index (χ0n) is 23.4. The maximum Gasteiger partial charge on any atom is 0.280 e. The number of hydrogen-bond donors (Lipinski definition) is 4. The van der Waals surface area contributed by atoms with Crippen molar-refractivity contribution in [2.24, 2.45) is 0 Å². The van der Waals surface area contributed by atoms with Crippen molar-refractivity contribution in [1.29, 1.82) is 0 Å². The van der Waals surface area contributed by atoms with E-state index < -0.39 is 69.8 Å². The van der Waals surface area contributed by atoms with Crippen LogP contribution in [-0.2, 0) is 36.9 Å². The fourth-order valence-electron chi connectivity index (χ4n) is 5.56. The van der Waals surface area contributed by atoms with Gasteiger partial charge in [0, 0.05) is 7.11 Å². The first-order valence-electron chi connectivity index (χ1n) is 13.4. The standard InChI is InChI=1S/C21H26BFN10O9P2S/c1-36-13-8-3-38-44(22,35)42-12-7(39-19(9(12)23)32-5-28-10-15(24)26-4-27-16(10)32)2-37-43(45)41-14(13)20(40-8)33-6-29-11-17(33)30-21(25)31-18(11)34/h4-9,12-14,19-20,45H,2-3,22H2,1H3,(H2,24,26,27)(H3,25,30,31,34)/t7?,8?,9?,12?,13?,14?,19?,20?,43-,44+/m1/s1. The Bertz CT molecular complexity index is 1850. The lowest BCUT2D eigenvalue weighted by Crippen LogP contribution is -2.36. The van der Waals surface area contributed by atoms with Gasteiger partial charge in [0.1, 0.15) is 42.4 Å². The minimum Gasteiger partial charge on any atom is -0.382 e. The second-order valence-electron chi connectivity index (χ2n) is 10.4. The molecule has 2 bridgehead atoms. The summed E-state index contributed by atoms with van der Waals surface area (Å²) in [5, 5.41) is 0. The highest BCUT2D eigenvalue weighted by atomic mass is 32.7. The van der Waals surface area contributed by atoms with Gasteiger partial charge in [-0.25, -0.2) is 24.3 Å². The third-order valence-corrected chi connectivity index (χ3v) is 10.2. The molecule has 45 heavy (non-hydrogen) atoms. The molecule has 0 aromatic carbocycles. The Morgan fingerprint density at radius 3 is 2.60 bits per heavy atom. The number of aromatic nitrogens is 8. The van der Waals surface area contributed by atoms with Crippen LogP contribution in [0.3, 0.4) is 0 Å². The predicted octanol–water partition coefficient (Wildman–Crippen LogP) is -0.0131. The van der Waals surface area contributed by atoms with E-state index in [2.05, 4.69) is 42.2 Å². The molecule has 7 rings (SSSR count). The van der Waals surface area contributed by atoms with Gasteiger partial charge in [0.15, 0.2) is 41.3 Å². The van der Waals surface area contributed by atoms with Crippen LogP contribution in [0.1, 0.15) is 12.5 Å². The van der Waals surface area contributed by atoms with Crippen LogP contribution < -0.4 is 17.0 Å². The van der Waals surface area contributed by atoms with Crippen LogP contribution in [0.4, 0.5) is 16.2 Å². The smallest absolute Gasteiger partial charge is 0.280 e. The lowest BCUT2D eigenvalue weighted by molar-refractivity contribution is -0.0561. The first-order valence-corrected chi connectivity index (χ1v) is 17.7. The Labute approximate surface area is 259 Å². The summed E-state index contributed by atoms with van der Waals surface area (Å²) in [6, 6.07) is 0. The summed E-state index contributed by atoms with van der Waals surface area (Å²) in [6.07, 6.45) is -5.35. The van der Waals surface area contributed by atoms with E-state index in [-0.39, 0.29) is 47.3 Å². The third-order valence-electron chi connectivity index (χ3n) is 7.56. The predicted molar refractivity (Wildman–Crippen MR) is 160 cm³/mol. The van der Waals surface area contributed by atoms with E-state index in [1.807, 2.05) is 0 Å². The van der Waals surface area contributed by atoms with Crippen LogP contribution in [0.15, 0.2) is 23.8 Å². The van der Waals surface area contributed by atoms with Crippen LogP contribution in [0.5, 0.6) is 0 Å². The van der Waals surface area contributed by atoms with Crippen LogP contribution in [0.2, 0.25) is 0 Å². The average Bonchev–Trinajstić information content (AvgIpc) is 3.75. The minimum atomic E-state index is -3.97. The molecule has 24 heteroatoms. The van der Waals surface area contributed by atoms with Crippen LogP contribution in [0, 0.1) is 0 Å². The maximum atomic E-state index is 16.1. The topological polar surface area (TPSA) is 241 Å². The fourth-order valence-corrected chi connectivity index (χ4v) is 8.03. The van der Waals surface area contributed by atoms with Crippen LogP contribution in [-0.4, -0.2) is 104 Å². The van der Waals surface area contributed by atoms with Gasteiger partial charge < -0.3 is 43.8 Å². The molecule has 5 N–H and O–H groups in total. The Hall–Kier alpha value is -2.78. The number of nitrogens with two attached hydrogens (primary N) is 2.